The lowest BCUT2D eigenvalue weighted by Crippen LogP contribution is -2.47. The fraction of sp³-hybridized carbons (Fsp3) is 0.286. The fourth-order valence-corrected chi connectivity index (χ4v) is 5.81. The number of anilines is 2. The summed E-state index contributed by atoms with van der Waals surface area (Å²) in [7, 11) is 0. The number of hydrogen-bond acceptors (Lipinski definition) is 6. The maximum atomic E-state index is 14.2. The number of benzene rings is 2. The van der Waals surface area contributed by atoms with Crippen LogP contribution >= 0.6 is 11.5 Å². The third-order valence-corrected chi connectivity index (χ3v) is 7.91. The van der Waals surface area contributed by atoms with Crippen molar-refractivity contribution < 1.29 is 14.4 Å². The summed E-state index contributed by atoms with van der Waals surface area (Å²) >= 11 is 0.798. The molecule has 3 amide bonds. The van der Waals surface area contributed by atoms with Crippen molar-refractivity contribution in [3.05, 3.63) is 76.4 Å². The van der Waals surface area contributed by atoms with Gasteiger partial charge in [-0.05, 0) is 49.5 Å². The van der Waals surface area contributed by atoms with Crippen LogP contribution in [0.3, 0.4) is 0 Å². The number of nitrogens with zero attached hydrogens (tertiary/aromatic N) is 2. The number of nitrogen functional groups attached to an aromatic ring is 1. The summed E-state index contributed by atoms with van der Waals surface area (Å²) in [6.07, 6.45) is 6.82. The highest BCUT2D eigenvalue weighted by Gasteiger charge is 2.38. The van der Waals surface area contributed by atoms with Crippen LogP contribution in [0.25, 0.3) is 10.9 Å². The molecule has 2 heterocycles. The van der Waals surface area contributed by atoms with Crippen LogP contribution in [0.5, 0.6) is 0 Å². The Kier molecular flexibility index (Phi) is 7.15. The second-order valence-corrected chi connectivity index (χ2v) is 10.5. The molecule has 4 aromatic rings. The van der Waals surface area contributed by atoms with E-state index in [1.54, 1.807) is 18.3 Å². The number of para-hydroxylation sites is 1. The van der Waals surface area contributed by atoms with E-state index in [4.69, 9.17) is 11.5 Å². The lowest BCUT2D eigenvalue weighted by Gasteiger charge is -2.33. The van der Waals surface area contributed by atoms with Crippen LogP contribution in [0.4, 0.5) is 11.4 Å². The van der Waals surface area contributed by atoms with Crippen molar-refractivity contribution in [2.24, 2.45) is 5.73 Å². The summed E-state index contributed by atoms with van der Waals surface area (Å²) in [5.41, 5.74) is 14.4. The van der Waals surface area contributed by atoms with Gasteiger partial charge in [-0.3, -0.25) is 19.3 Å². The van der Waals surface area contributed by atoms with Gasteiger partial charge in [0.05, 0.1) is 5.69 Å². The van der Waals surface area contributed by atoms with Crippen LogP contribution in [0.15, 0.2) is 54.7 Å². The number of carbonyl (C=O) groups excluding carboxylic acids is 3. The molecule has 0 bridgehead atoms. The largest absolute Gasteiger partial charge is 0.395 e. The lowest BCUT2D eigenvalue weighted by molar-refractivity contribution is -0.123. The molecule has 1 aliphatic rings. The monoisotopic (exact) mass is 530 g/mol. The van der Waals surface area contributed by atoms with Crippen LogP contribution in [0.2, 0.25) is 0 Å². The summed E-state index contributed by atoms with van der Waals surface area (Å²) in [6.45, 7) is 1.95. The number of nitrogens with two attached hydrogens (primary N) is 2. The van der Waals surface area contributed by atoms with Crippen molar-refractivity contribution in [2.45, 2.75) is 51.1 Å². The molecule has 0 saturated heterocycles. The summed E-state index contributed by atoms with van der Waals surface area (Å²) in [5.74, 6) is -1.64. The first kappa shape index (κ1) is 25.5. The highest BCUT2D eigenvalue weighted by atomic mass is 32.1. The van der Waals surface area contributed by atoms with Gasteiger partial charge in [0, 0.05) is 34.4 Å². The standard InChI is InChI=1S/C28H30N6O3S/c1-16-11-13-18(14-12-16)34(28(37)25-22(29)23(26(30)35)33-38-25)24(27(36)32-17-7-3-2-4-8-17)20-15-31-21-10-6-5-9-19(20)21/h5-6,9-15,17,24,31H,2-4,7-8,29H2,1H3,(H2,30,35)(H,32,36)/t24-/m0/s1. The molecular weight excluding hydrogens is 500 g/mol. The van der Waals surface area contributed by atoms with E-state index in [0.717, 1.165) is 60.1 Å². The topological polar surface area (TPSA) is 147 Å². The van der Waals surface area contributed by atoms with E-state index < -0.39 is 17.9 Å². The third-order valence-electron chi connectivity index (χ3n) is 7.06. The molecule has 1 atom stereocenters. The highest BCUT2D eigenvalue weighted by molar-refractivity contribution is 7.09. The average molecular weight is 531 g/mol. The van der Waals surface area contributed by atoms with Gasteiger partial charge in [0.15, 0.2) is 5.69 Å². The molecule has 196 valence electrons. The number of hydrogen-bond donors (Lipinski definition) is 4. The number of H-pyrrole nitrogens is 1. The summed E-state index contributed by atoms with van der Waals surface area (Å²) < 4.78 is 4.02. The fourth-order valence-electron chi connectivity index (χ4n) is 5.07. The number of rotatable bonds is 7. The number of amides is 3. The number of aromatic nitrogens is 2. The molecule has 0 unspecified atom stereocenters. The van der Waals surface area contributed by atoms with Crippen molar-refractivity contribution in [3.63, 3.8) is 0 Å². The molecule has 1 saturated carbocycles. The van der Waals surface area contributed by atoms with Gasteiger partial charge >= 0.3 is 0 Å². The minimum absolute atomic E-state index is 0.0360. The molecule has 5 rings (SSSR count). The minimum atomic E-state index is -1.01. The van der Waals surface area contributed by atoms with E-state index >= 15 is 0 Å². The average Bonchev–Trinajstić information content (AvgIpc) is 3.52. The Bertz CT molecular complexity index is 1490. The predicted octanol–water partition coefficient (Wildman–Crippen LogP) is 4.45. The molecule has 9 nitrogen and oxygen atoms in total. The van der Waals surface area contributed by atoms with E-state index in [0.29, 0.717) is 11.3 Å². The summed E-state index contributed by atoms with van der Waals surface area (Å²) in [4.78, 5) is 44.9. The van der Waals surface area contributed by atoms with Crippen molar-refractivity contribution in [1.82, 2.24) is 14.7 Å². The van der Waals surface area contributed by atoms with E-state index in [2.05, 4.69) is 14.7 Å². The zero-order valence-corrected chi connectivity index (χ0v) is 21.9. The Balaban J connectivity index is 1.67. The molecule has 38 heavy (non-hydrogen) atoms. The van der Waals surface area contributed by atoms with Crippen LogP contribution < -0.4 is 21.7 Å². The Hall–Kier alpha value is -4.18. The molecular formula is C28H30N6O3S. The Morgan fingerprint density at radius 3 is 2.47 bits per heavy atom. The van der Waals surface area contributed by atoms with E-state index in [9.17, 15) is 14.4 Å². The van der Waals surface area contributed by atoms with Crippen LogP contribution in [0.1, 0.15) is 69.4 Å². The molecule has 0 radical (unpaired) electrons. The number of fused-ring (bicyclic) bond motifs is 1. The molecule has 6 N–H and O–H groups in total. The molecule has 10 heteroatoms. The van der Waals surface area contributed by atoms with Gasteiger partial charge in [0.25, 0.3) is 11.8 Å². The van der Waals surface area contributed by atoms with Crippen molar-refractivity contribution in [1.29, 1.82) is 0 Å². The van der Waals surface area contributed by atoms with Gasteiger partial charge < -0.3 is 21.8 Å². The summed E-state index contributed by atoms with van der Waals surface area (Å²) in [6, 6.07) is 14.0. The Morgan fingerprint density at radius 2 is 1.79 bits per heavy atom. The molecule has 2 aromatic carbocycles. The summed E-state index contributed by atoms with van der Waals surface area (Å²) in [5, 5.41) is 4.04. The highest BCUT2D eigenvalue weighted by Crippen LogP contribution is 2.36. The van der Waals surface area contributed by atoms with Gasteiger partial charge in [0.1, 0.15) is 10.9 Å². The minimum Gasteiger partial charge on any atom is -0.395 e. The van der Waals surface area contributed by atoms with E-state index in [-0.39, 0.29) is 28.2 Å². The molecule has 0 spiro atoms. The van der Waals surface area contributed by atoms with Crippen LogP contribution in [0, 0.1) is 6.92 Å². The van der Waals surface area contributed by atoms with Gasteiger partial charge in [-0.15, -0.1) is 0 Å². The number of aryl methyl sites for hydroxylation is 1. The molecule has 1 fully saturated rings. The smallest absolute Gasteiger partial charge is 0.273 e. The first-order chi connectivity index (χ1) is 18.3. The molecule has 2 aromatic heterocycles. The quantitative estimate of drug-likeness (QED) is 0.279. The number of primary amides is 1. The van der Waals surface area contributed by atoms with E-state index in [1.807, 2.05) is 43.3 Å². The maximum absolute atomic E-state index is 14.2. The predicted molar refractivity (Wildman–Crippen MR) is 149 cm³/mol. The third kappa shape index (κ3) is 4.87. The Labute approximate surface area is 224 Å². The van der Waals surface area contributed by atoms with Crippen LogP contribution in [-0.2, 0) is 4.79 Å². The zero-order chi connectivity index (χ0) is 26.8. The molecule has 1 aliphatic carbocycles. The van der Waals surface area contributed by atoms with Crippen LogP contribution in [-0.4, -0.2) is 33.1 Å². The van der Waals surface area contributed by atoms with E-state index in [1.165, 1.54) is 4.90 Å². The second-order valence-electron chi connectivity index (χ2n) is 9.68. The SMILES string of the molecule is Cc1ccc(N(C(=O)c2snc(C(N)=O)c2N)[C@H](C(=O)NC2CCCCC2)c2c[nH]c3ccccc23)cc1. The maximum Gasteiger partial charge on any atom is 0.273 e. The van der Waals surface area contributed by atoms with Crippen molar-refractivity contribution in [3.8, 4) is 0 Å². The first-order valence-electron chi connectivity index (χ1n) is 12.7. The Morgan fingerprint density at radius 1 is 1.08 bits per heavy atom. The number of nitrogens with one attached hydrogen (secondary N) is 2. The van der Waals surface area contributed by atoms with Gasteiger partial charge in [-0.2, -0.15) is 4.37 Å². The van der Waals surface area contributed by atoms with Crippen molar-refractivity contribution in [2.75, 3.05) is 10.6 Å². The van der Waals surface area contributed by atoms with Gasteiger partial charge in [0.2, 0.25) is 5.91 Å². The zero-order valence-electron chi connectivity index (χ0n) is 21.1. The van der Waals surface area contributed by atoms with Gasteiger partial charge in [-0.1, -0.05) is 55.2 Å². The normalized spacial score (nSPS) is 14.8. The number of carbonyl (C=O) groups is 3. The first-order valence-corrected chi connectivity index (χ1v) is 13.4. The second kappa shape index (κ2) is 10.7. The van der Waals surface area contributed by atoms with Gasteiger partial charge in [-0.25, -0.2) is 0 Å². The molecule has 0 aliphatic heterocycles. The number of aromatic amines is 1. The van der Waals surface area contributed by atoms with Crippen molar-refractivity contribution >= 4 is 51.5 Å². The lowest BCUT2D eigenvalue weighted by atomic mass is 9.94.